The summed E-state index contributed by atoms with van der Waals surface area (Å²) in [4.78, 5) is 26.4. The number of alkyl halides is 3. The first-order chi connectivity index (χ1) is 14.8. The number of benzene rings is 1. The van der Waals surface area contributed by atoms with Crippen molar-refractivity contribution in [3.05, 3.63) is 23.8 Å². The number of rotatable bonds is 6. The van der Waals surface area contributed by atoms with Crippen LogP contribution in [0.4, 0.5) is 24.5 Å². The highest BCUT2D eigenvalue weighted by atomic mass is 19.4. The molecule has 3 atom stereocenters. The number of morpholine rings is 1. The van der Waals surface area contributed by atoms with Crippen molar-refractivity contribution in [3.8, 4) is 0 Å². The van der Waals surface area contributed by atoms with Crippen molar-refractivity contribution in [3.63, 3.8) is 0 Å². The lowest BCUT2D eigenvalue weighted by atomic mass is 9.86. The molecule has 1 aliphatic heterocycles. The van der Waals surface area contributed by atoms with Crippen LogP contribution < -0.4 is 10.2 Å². The van der Waals surface area contributed by atoms with E-state index in [1.165, 1.54) is 18.9 Å². The topological polar surface area (TPSA) is 67.9 Å². The Morgan fingerprint density at radius 2 is 1.94 bits per heavy atom. The third kappa shape index (κ3) is 5.31. The predicted octanol–water partition coefficient (Wildman–Crippen LogP) is 3.85. The fourth-order valence-electron chi connectivity index (χ4n) is 5.12. The fourth-order valence-corrected chi connectivity index (χ4v) is 5.12. The summed E-state index contributed by atoms with van der Waals surface area (Å²) in [6.07, 6.45) is 0.384. The number of ether oxygens (including phenoxy) is 2. The Balaban J connectivity index is 1.37. The highest BCUT2D eigenvalue weighted by molar-refractivity contribution is 5.96. The zero-order valence-corrected chi connectivity index (χ0v) is 17.2. The molecule has 0 aromatic heterocycles. The van der Waals surface area contributed by atoms with E-state index in [0.717, 1.165) is 25.0 Å². The van der Waals surface area contributed by atoms with Gasteiger partial charge in [0.25, 0.3) is 5.91 Å². The number of hydrogen-bond donors (Lipinski definition) is 1. The lowest BCUT2D eigenvalue weighted by Gasteiger charge is -2.31. The summed E-state index contributed by atoms with van der Waals surface area (Å²) in [5, 5.41) is 2.50. The molecule has 1 N–H and O–H groups in total. The molecule has 31 heavy (non-hydrogen) atoms. The van der Waals surface area contributed by atoms with E-state index < -0.39 is 30.2 Å². The molecule has 1 aromatic carbocycles. The van der Waals surface area contributed by atoms with Crippen molar-refractivity contribution in [2.45, 2.75) is 38.3 Å². The normalized spacial score (nSPS) is 25.5. The van der Waals surface area contributed by atoms with Gasteiger partial charge in [0.15, 0.2) is 6.61 Å². The molecule has 1 aromatic rings. The van der Waals surface area contributed by atoms with Crippen LogP contribution in [0.5, 0.6) is 0 Å². The third-order valence-electron chi connectivity index (χ3n) is 6.63. The van der Waals surface area contributed by atoms with Crippen LogP contribution in [-0.4, -0.2) is 44.8 Å². The van der Waals surface area contributed by atoms with Gasteiger partial charge in [-0.05, 0) is 55.2 Å². The summed E-state index contributed by atoms with van der Waals surface area (Å²) in [7, 11) is 0. The van der Waals surface area contributed by atoms with E-state index in [1.807, 2.05) is 4.90 Å². The number of fused-ring (bicyclic) bond motifs is 2. The number of anilines is 2. The molecule has 0 spiro atoms. The number of carbonyl (C=O) groups excluding carboxylic acids is 2. The smallest absolute Gasteiger partial charge is 0.416 e. The summed E-state index contributed by atoms with van der Waals surface area (Å²) >= 11 is 0. The Bertz CT molecular complexity index is 823. The molecule has 2 saturated carbocycles. The molecule has 9 heteroatoms. The van der Waals surface area contributed by atoms with Crippen molar-refractivity contribution in [2.75, 3.05) is 43.1 Å². The molecule has 3 fully saturated rings. The number of halogens is 3. The molecule has 0 radical (unpaired) electrons. The molecule has 0 unspecified atom stereocenters. The Kier molecular flexibility index (Phi) is 6.41. The second-order valence-electron chi connectivity index (χ2n) is 8.68. The van der Waals surface area contributed by atoms with E-state index in [-0.39, 0.29) is 5.69 Å². The first-order valence-corrected chi connectivity index (χ1v) is 10.8. The second kappa shape index (κ2) is 9.06. The first kappa shape index (κ1) is 21.9. The number of amides is 1. The number of nitrogens with one attached hydrogen (secondary N) is 1. The van der Waals surface area contributed by atoms with Crippen molar-refractivity contribution >= 4 is 23.3 Å². The minimum Gasteiger partial charge on any atom is -0.456 e. The first-order valence-electron chi connectivity index (χ1n) is 10.8. The zero-order chi connectivity index (χ0) is 22.0. The van der Waals surface area contributed by atoms with Crippen LogP contribution >= 0.6 is 0 Å². The second-order valence-corrected chi connectivity index (χ2v) is 8.68. The molecule has 1 amide bonds. The van der Waals surface area contributed by atoms with Gasteiger partial charge in [0.2, 0.25) is 0 Å². The summed E-state index contributed by atoms with van der Waals surface area (Å²) in [5.41, 5.74) is -0.322. The highest BCUT2D eigenvalue weighted by Gasteiger charge is 2.40. The average Bonchev–Trinajstić information content (AvgIpc) is 3.35. The Hall–Kier alpha value is -2.29. The molecule has 1 heterocycles. The lowest BCUT2D eigenvalue weighted by molar-refractivity contribution is -0.148. The summed E-state index contributed by atoms with van der Waals surface area (Å²) in [6, 6.07) is 3.26. The minimum atomic E-state index is -4.53. The van der Waals surface area contributed by atoms with E-state index in [9.17, 15) is 22.8 Å². The van der Waals surface area contributed by atoms with Gasteiger partial charge < -0.3 is 19.7 Å². The van der Waals surface area contributed by atoms with E-state index in [1.54, 1.807) is 0 Å². The summed E-state index contributed by atoms with van der Waals surface area (Å²) < 4.78 is 49.9. The van der Waals surface area contributed by atoms with Crippen LogP contribution in [-0.2, 0) is 25.2 Å². The average molecular weight is 440 g/mol. The molecular formula is C22H27F3N2O4. The van der Waals surface area contributed by atoms with Crippen molar-refractivity contribution in [1.29, 1.82) is 0 Å². The third-order valence-corrected chi connectivity index (χ3v) is 6.63. The lowest BCUT2D eigenvalue weighted by Crippen LogP contribution is -2.37. The molecule has 1 saturated heterocycles. The van der Waals surface area contributed by atoms with Gasteiger partial charge in [-0.25, -0.2) is 0 Å². The van der Waals surface area contributed by atoms with E-state index in [2.05, 4.69) is 5.32 Å². The summed E-state index contributed by atoms with van der Waals surface area (Å²) in [6.45, 7) is 1.40. The number of carbonyl (C=O) groups is 2. The maximum absolute atomic E-state index is 13.2. The van der Waals surface area contributed by atoms with Crippen LogP contribution in [0.1, 0.15) is 37.7 Å². The zero-order valence-electron chi connectivity index (χ0n) is 17.2. The van der Waals surface area contributed by atoms with Gasteiger partial charge in [-0.1, -0.05) is 6.42 Å². The SMILES string of the molecule is O=C(COC(=O)C[C@@H]1C[C@@H]2CC[C@@H]1C2)Nc1cc(C(F)(F)F)ccc1N1CCOCC1. The maximum atomic E-state index is 13.2. The van der Waals surface area contributed by atoms with Crippen molar-refractivity contribution in [1.82, 2.24) is 0 Å². The standard InChI is InChI=1S/C22H27F3N2O4/c23-22(24,25)17-3-4-19(27-5-7-30-8-6-27)18(12-17)26-20(28)13-31-21(29)11-16-10-14-1-2-15(16)9-14/h3-4,12,14-16H,1-2,5-11,13H2,(H,26,28)/t14-,15-,16+/m1/s1. The van der Waals surface area contributed by atoms with Crippen LogP contribution in [0, 0.1) is 17.8 Å². The molecule has 170 valence electrons. The molecule has 2 bridgehead atoms. The predicted molar refractivity (Wildman–Crippen MR) is 108 cm³/mol. The number of hydrogen-bond acceptors (Lipinski definition) is 5. The minimum absolute atomic E-state index is 0.0471. The Morgan fingerprint density at radius 3 is 2.58 bits per heavy atom. The van der Waals surface area contributed by atoms with Crippen LogP contribution in [0.2, 0.25) is 0 Å². The van der Waals surface area contributed by atoms with Gasteiger partial charge in [0.05, 0.1) is 30.2 Å². The van der Waals surface area contributed by atoms with Crippen LogP contribution in [0.3, 0.4) is 0 Å². The molecule has 3 aliphatic rings. The quantitative estimate of drug-likeness (QED) is 0.681. The van der Waals surface area contributed by atoms with Gasteiger partial charge in [0, 0.05) is 19.5 Å². The van der Waals surface area contributed by atoms with Gasteiger partial charge in [-0.15, -0.1) is 0 Å². The molecule has 4 rings (SSSR count). The molecular weight excluding hydrogens is 413 g/mol. The number of nitrogens with zero attached hydrogens (tertiary/aromatic N) is 1. The number of esters is 1. The van der Waals surface area contributed by atoms with E-state index in [4.69, 9.17) is 9.47 Å². The van der Waals surface area contributed by atoms with Gasteiger partial charge in [-0.2, -0.15) is 13.2 Å². The van der Waals surface area contributed by atoms with E-state index in [0.29, 0.717) is 56.2 Å². The van der Waals surface area contributed by atoms with Crippen molar-refractivity contribution < 1.29 is 32.2 Å². The molecule has 6 nitrogen and oxygen atoms in total. The Morgan fingerprint density at radius 1 is 1.16 bits per heavy atom. The fraction of sp³-hybridized carbons (Fsp3) is 0.636. The molecule has 2 aliphatic carbocycles. The monoisotopic (exact) mass is 440 g/mol. The van der Waals surface area contributed by atoms with Gasteiger partial charge >= 0.3 is 12.1 Å². The van der Waals surface area contributed by atoms with Gasteiger partial charge in [-0.3, -0.25) is 9.59 Å². The van der Waals surface area contributed by atoms with Crippen molar-refractivity contribution in [2.24, 2.45) is 17.8 Å². The maximum Gasteiger partial charge on any atom is 0.416 e. The largest absolute Gasteiger partial charge is 0.456 e. The van der Waals surface area contributed by atoms with Crippen LogP contribution in [0.25, 0.3) is 0 Å². The Labute approximate surface area is 179 Å². The van der Waals surface area contributed by atoms with Gasteiger partial charge in [0.1, 0.15) is 0 Å². The van der Waals surface area contributed by atoms with E-state index >= 15 is 0 Å². The summed E-state index contributed by atoms with van der Waals surface area (Å²) in [5.74, 6) is 0.532. The highest BCUT2D eigenvalue weighted by Crippen LogP contribution is 2.49. The van der Waals surface area contributed by atoms with Crippen LogP contribution in [0.15, 0.2) is 18.2 Å².